The van der Waals surface area contributed by atoms with E-state index < -0.39 is 0 Å². The molecule has 180 valence electrons. The maximum atomic E-state index is 6.03. The average Bonchev–Trinajstić information content (AvgIpc) is 2.85. The maximum absolute atomic E-state index is 6.03. The topological polar surface area (TPSA) is 46.1 Å². The smallest absolute Gasteiger partial charge is 0.193 e. The number of hydrogen-bond acceptors (Lipinski definition) is 3. The van der Waals surface area contributed by atoms with Crippen LogP contribution in [0.5, 0.6) is 0 Å². The molecule has 33 heavy (non-hydrogen) atoms. The summed E-state index contributed by atoms with van der Waals surface area (Å²) in [5.74, 6) is 2.22. The van der Waals surface area contributed by atoms with Gasteiger partial charge in [0.25, 0.3) is 0 Å². The lowest BCUT2D eigenvalue weighted by molar-refractivity contribution is -0.0390. The van der Waals surface area contributed by atoms with Gasteiger partial charge in [-0.05, 0) is 47.8 Å². The fourth-order valence-electron chi connectivity index (χ4n) is 4.86. The molecule has 2 saturated heterocycles. The highest BCUT2D eigenvalue weighted by molar-refractivity contribution is 14.0. The monoisotopic (exact) mass is 563 g/mol. The highest BCUT2D eigenvalue weighted by Crippen LogP contribution is 2.32. The fraction of sp³-hybridized carbons (Fsp3) is 0.519. The van der Waals surface area contributed by atoms with Gasteiger partial charge in [0.15, 0.2) is 5.96 Å². The Morgan fingerprint density at radius 1 is 1.03 bits per heavy atom. The quantitative estimate of drug-likeness (QED) is 0.298. The van der Waals surface area contributed by atoms with Gasteiger partial charge < -0.3 is 19.7 Å². The summed E-state index contributed by atoms with van der Waals surface area (Å²) in [6, 6.07) is 19.7. The molecule has 2 aliphatic rings. The van der Waals surface area contributed by atoms with Crippen LogP contribution in [0.4, 0.5) is 0 Å². The van der Waals surface area contributed by atoms with Crippen LogP contribution in [-0.2, 0) is 22.6 Å². The Hall–Kier alpha value is -1.64. The zero-order valence-corrected chi connectivity index (χ0v) is 22.2. The zero-order chi connectivity index (χ0) is 22.2. The van der Waals surface area contributed by atoms with E-state index in [1.807, 2.05) is 7.05 Å². The number of hydrogen-bond donors (Lipinski definition) is 1. The molecule has 2 aromatic carbocycles. The molecule has 0 aromatic heterocycles. The third-order valence-corrected chi connectivity index (χ3v) is 6.77. The molecule has 0 radical (unpaired) electrons. The van der Waals surface area contributed by atoms with E-state index in [1.165, 1.54) is 16.7 Å². The fourth-order valence-corrected chi connectivity index (χ4v) is 4.86. The number of halogens is 1. The van der Waals surface area contributed by atoms with Gasteiger partial charge in [-0.25, -0.2) is 0 Å². The Bertz CT molecular complexity index is 853. The van der Waals surface area contributed by atoms with Crippen molar-refractivity contribution in [1.29, 1.82) is 0 Å². The van der Waals surface area contributed by atoms with Crippen molar-refractivity contribution in [3.63, 3.8) is 0 Å². The van der Waals surface area contributed by atoms with Crippen LogP contribution >= 0.6 is 24.0 Å². The van der Waals surface area contributed by atoms with Crippen molar-refractivity contribution >= 4 is 29.9 Å². The number of rotatable bonds is 6. The molecule has 5 nitrogen and oxygen atoms in total. The minimum absolute atomic E-state index is 0. The molecular weight excluding hydrogens is 525 g/mol. The van der Waals surface area contributed by atoms with E-state index in [4.69, 9.17) is 9.47 Å². The minimum atomic E-state index is 0. The van der Waals surface area contributed by atoms with Crippen LogP contribution < -0.4 is 5.32 Å². The highest BCUT2D eigenvalue weighted by Gasteiger charge is 2.28. The molecule has 4 rings (SSSR count). The van der Waals surface area contributed by atoms with E-state index in [0.717, 1.165) is 58.1 Å². The number of piperidine rings is 1. The zero-order valence-electron chi connectivity index (χ0n) is 19.9. The minimum Gasteiger partial charge on any atom is -0.381 e. The van der Waals surface area contributed by atoms with Crippen molar-refractivity contribution in [3.05, 3.63) is 71.3 Å². The van der Waals surface area contributed by atoms with E-state index in [0.29, 0.717) is 24.5 Å². The van der Waals surface area contributed by atoms with E-state index >= 15 is 0 Å². The first kappa shape index (κ1) is 26.0. The van der Waals surface area contributed by atoms with E-state index in [9.17, 15) is 0 Å². The van der Waals surface area contributed by atoms with Crippen LogP contribution in [-0.4, -0.2) is 50.3 Å². The second-order valence-corrected chi connectivity index (χ2v) is 9.07. The first-order chi connectivity index (χ1) is 15.7. The van der Waals surface area contributed by atoms with Crippen molar-refractivity contribution in [3.8, 4) is 0 Å². The third-order valence-electron chi connectivity index (χ3n) is 6.77. The number of guanidine groups is 1. The molecular formula is C27H38IN3O2. The summed E-state index contributed by atoms with van der Waals surface area (Å²) in [4.78, 5) is 6.96. The molecule has 0 spiro atoms. The Balaban J connectivity index is 0.00000306. The Kier molecular flexibility index (Phi) is 10.5. The summed E-state index contributed by atoms with van der Waals surface area (Å²) < 4.78 is 11.4. The lowest BCUT2D eigenvalue weighted by atomic mass is 9.82. The van der Waals surface area contributed by atoms with Gasteiger partial charge in [0, 0.05) is 39.9 Å². The summed E-state index contributed by atoms with van der Waals surface area (Å²) in [5, 5.41) is 3.56. The number of nitrogens with one attached hydrogen (secondary N) is 1. The van der Waals surface area contributed by atoms with Gasteiger partial charge in [-0.3, -0.25) is 4.99 Å². The number of ether oxygens (including phenoxy) is 2. The third kappa shape index (κ3) is 7.42. The lowest BCUT2D eigenvalue weighted by Crippen LogP contribution is -2.47. The summed E-state index contributed by atoms with van der Waals surface area (Å²) in [7, 11) is 1.88. The van der Waals surface area contributed by atoms with Gasteiger partial charge >= 0.3 is 0 Å². The van der Waals surface area contributed by atoms with Crippen molar-refractivity contribution in [2.45, 2.75) is 51.4 Å². The molecule has 2 heterocycles. The van der Waals surface area contributed by atoms with Crippen LogP contribution in [0, 0.1) is 5.92 Å². The van der Waals surface area contributed by atoms with Gasteiger partial charge in [0.05, 0.1) is 12.7 Å². The van der Waals surface area contributed by atoms with Crippen molar-refractivity contribution in [2.75, 3.05) is 33.4 Å². The Labute approximate surface area is 216 Å². The molecule has 0 bridgehead atoms. The number of aliphatic imine (C=N–C) groups is 1. The Morgan fingerprint density at radius 2 is 1.73 bits per heavy atom. The molecule has 1 N–H and O–H groups in total. The van der Waals surface area contributed by atoms with Gasteiger partial charge in [-0.2, -0.15) is 0 Å². The molecule has 2 fully saturated rings. The van der Waals surface area contributed by atoms with Crippen LogP contribution in [0.1, 0.15) is 48.8 Å². The SMILES string of the molecule is CN=C(NCc1ccc(COC2CCOCC2)cc1)N1CCC(c2ccccc2)C(C)C1.I. The van der Waals surface area contributed by atoms with E-state index in [-0.39, 0.29) is 24.0 Å². The first-order valence-electron chi connectivity index (χ1n) is 12.0. The molecule has 6 heteroatoms. The van der Waals surface area contributed by atoms with Gasteiger partial charge in [0.2, 0.25) is 0 Å². The number of likely N-dealkylation sites (tertiary alicyclic amines) is 1. The summed E-state index contributed by atoms with van der Waals surface area (Å²) in [6.45, 7) is 7.51. The maximum Gasteiger partial charge on any atom is 0.193 e. The molecule has 2 aliphatic heterocycles. The molecule has 2 aromatic rings. The Morgan fingerprint density at radius 3 is 2.39 bits per heavy atom. The molecule has 0 saturated carbocycles. The molecule has 2 atom stereocenters. The van der Waals surface area contributed by atoms with Crippen LogP contribution in [0.25, 0.3) is 0 Å². The van der Waals surface area contributed by atoms with Crippen molar-refractivity contribution in [2.24, 2.45) is 10.9 Å². The second kappa shape index (κ2) is 13.3. The van der Waals surface area contributed by atoms with E-state index in [2.05, 4.69) is 76.7 Å². The summed E-state index contributed by atoms with van der Waals surface area (Å²) in [6.07, 6.45) is 3.50. The predicted molar refractivity (Wildman–Crippen MR) is 145 cm³/mol. The normalized spacial score (nSPS) is 22.0. The molecule has 0 amide bonds. The molecule has 0 aliphatic carbocycles. The standard InChI is InChI=1S/C27H37N3O2.HI/c1-21-19-30(15-12-26(21)24-6-4-3-5-7-24)27(28-2)29-18-22-8-10-23(11-9-22)20-32-25-13-16-31-17-14-25;/h3-11,21,25-26H,12-20H2,1-2H3,(H,28,29);1H. The van der Waals surface area contributed by atoms with Crippen LogP contribution in [0.2, 0.25) is 0 Å². The van der Waals surface area contributed by atoms with E-state index in [1.54, 1.807) is 0 Å². The lowest BCUT2D eigenvalue weighted by Gasteiger charge is -2.39. The highest BCUT2D eigenvalue weighted by atomic mass is 127. The van der Waals surface area contributed by atoms with Gasteiger partial charge in [-0.1, -0.05) is 61.5 Å². The summed E-state index contributed by atoms with van der Waals surface area (Å²) in [5.41, 5.74) is 3.94. The average molecular weight is 564 g/mol. The predicted octanol–water partition coefficient (Wildman–Crippen LogP) is 5.20. The van der Waals surface area contributed by atoms with Crippen molar-refractivity contribution in [1.82, 2.24) is 10.2 Å². The van der Waals surface area contributed by atoms with Crippen LogP contribution in [0.15, 0.2) is 59.6 Å². The summed E-state index contributed by atoms with van der Waals surface area (Å²) >= 11 is 0. The van der Waals surface area contributed by atoms with Crippen LogP contribution in [0.3, 0.4) is 0 Å². The number of nitrogens with zero attached hydrogens (tertiary/aromatic N) is 2. The second-order valence-electron chi connectivity index (χ2n) is 9.07. The largest absolute Gasteiger partial charge is 0.381 e. The first-order valence-corrected chi connectivity index (χ1v) is 12.0. The molecule has 2 unspecified atom stereocenters. The number of benzene rings is 2. The van der Waals surface area contributed by atoms with Gasteiger partial charge in [-0.15, -0.1) is 24.0 Å². The van der Waals surface area contributed by atoms with Crippen molar-refractivity contribution < 1.29 is 9.47 Å². The van der Waals surface area contributed by atoms with Gasteiger partial charge in [0.1, 0.15) is 0 Å².